The van der Waals surface area contributed by atoms with Gasteiger partial charge in [0.15, 0.2) is 0 Å². The Morgan fingerprint density at radius 3 is 2.89 bits per heavy atom. The maximum absolute atomic E-state index is 5.66. The van der Waals surface area contributed by atoms with Gasteiger partial charge in [0.25, 0.3) is 0 Å². The third-order valence-corrected chi connectivity index (χ3v) is 2.72. The van der Waals surface area contributed by atoms with Crippen molar-refractivity contribution >= 4 is 21.7 Å². The van der Waals surface area contributed by atoms with Crippen LogP contribution in [0.15, 0.2) is 35.3 Å². The van der Waals surface area contributed by atoms with Crippen LogP contribution in [0.25, 0.3) is 0 Å². The van der Waals surface area contributed by atoms with Crippen LogP contribution in [-0.2, 0) is 6.54 Å². The number of rotatable bonds is 5. The quantitative estimate of drug-likeness (QED) is 0.857. The fraction of sp³-hybridized carbons (Fsp3) is 0.308. The molecule has 0 radical (unpaired) electrons. The van der Waals surface area contributed by atoms with Crippen LogP contribution in [0.4, 0.5) is 5.82 Å². The first-order valence-electron chi connectivity index (χ1n) is 5.97. The molecule has 0 aliphatic rings. The van der Waals surface area contributed by atoms with Gasteiger partial charge in [-0.2, -0.15) is 0 Å². The summed E-state index contributed by atoms with van der Waals surface area (Å²) in [6.07, 6.45) is 3.32. The highest BCUT2D eigenvalue weighted by atomic mass is 79.9. The van der Waals surface area contributed by atoms with E-state index in [0.717, 1.165) is 16.0 Å². The van der Waals surface area contributed by atoms with Crippen molar-refractivity contribution in [2.75, 3.05) is 5.32 Å². The normalized spacial score (nSPS) is 10.5. The van der Waals surface area contributed by atoms with Crippen LogP contribution < -0.4 is 10.1 Å². The summed E-state index contributed by atoms with van der Waals surface area (Å²) in [5, 5.41) is 3.21. The molecule has 6 heteroatoms. The lowest BCUT2D eigenvalue weighted by atomic mass is 10.2. The highest BCUT2D eigenvalue weighted by molar-refractivity contribution is 9.10. The van der Waals surface area contributed by atoms with Crippen LogP contribution in [0.2, 0.25) is 0 Å². The Balaban J connectivity index is 2.07. The zero-order valence-electron chi connectivity index (χ0n) is 10.8. The largest absolute Gasteiger partial charge is 0.475 e. The molecule has 2 aromatic heterocycles. The van der Waals surface area contributed by atoms with E-state index in [9.17, 15) is 0 Å². The number of hydrogen-bond donors (Lipinski definition) is 1. The number of hydrogen-bond acceptors (Lipinski definition) is 5. The van der Waals surface area contributed by atoms with Crippen molar-refractivity contribution in [1.29, 1.82) is 0 Å². The van der Waals surface area contributed by atoms with E-state index < -0.39 is 0 Å². The maximum atomic E-state index is 5.66. The first-order chi connectivity index (χ1) is 9.15. The molecule has 1 N–H and O–H groups in total. The van der Waals surface area contributed by atoms with Crippen LogP contribution in [0.1, 0.15) is 19.4 Å². The average Bonchev–Trinajstić information content (AvgIpc) is 2.37. The summed E-state index contributed by atoms with van der Waals surface area (Å²) in [5.74, 6) is 1.40. The molecule has 0 aliphatic heterocycles. The molecule has 2 aromatic rings. The number of nitrogens with one attached hydrogen (secondary N) is 1. The molecule has 0 bridgehead atoms. The molecule has 0 aliphatic carbocycles. The predicted octanol–water partition coefficient (Wildman–Crippen LogP) is 3.03. The van der Waals surface area contributed by atoms with E-state index >= 15 is 0 Å². The second-order valence-electron chi connectivity index (χ2n) is 4.21. The lowest BCUT2D eigenvalue weighted by Crippen LogP contribution is -2.11. The minimum atomic E-state index is 0.0989. The number of aromatic nitrogens is 3. The summed E-state index contributed by atoms with van der Waals surface area (Å²) < 4.78 is 6.41. The highest BCUT2D eigenvalue weighted by Gasteiger charge is 2.06. The van der Waals surface area contributed by atoms with Crippen LogP contribution in [-0.4, -0.2) is 21.1 Å². The molecular weight excluding hydrogens is 308 g/mol. The van der Waals surface area contributed by atoms with Gasteiger partial charge < -0.3 is 10.1 Å². The third kappa shape index (κ3) is 4.17. The lowest BCUT2D eigenvalue weighted by Gasteiger charge is -2.13. The van der Waals surface area contributed by atoms with Gasteiger partial charge >= 0.3 is 0 Å². The number of pyridine rings is 1. The Labute approximate surface area is 120 Å². The molecule has 2 heterocycles. The van der Waals surface area contributed by atoms with E-state index in [1.165, 1.54) is 6.33 Å². The summed E-state index contributed by atoms with van der Waals surface area (Å²) in [4.78, 5) is 12.4. The smallest absolute Gasteiger partial charge is 0.218 e. The summed E-state index contributed by atoms with van der Waals surface area (Å²) >= 11 is 3.31. The summed E-state index contributed by atoms with van der Waals surface area (Å²) in [6.45, 7) is 4.56. The Bertz CT molecular complexity index is 548. The van der Waals surface area contributed by atoms with E-state index in [-0.39, 0.29) is 6.10 Å². The van der Waals surface area contributed by atoms with E-state index in [2.05, 4.69) is 36.2 Å². The monoisotopic (exact) mass is 322 g/mol. The van der Waals surface area contributed by atoms with Gasteiger partial charge in [0.1, 0.15) is 16.7 Å². The Kier molecular flexibility index (Phi) is 4.68. The molecule has 19 heavy (non-hydrogen) atoms. The molecule has 5 nitrogen and oxygen atoms in total. The molecule has 0 spiro atoms. The van der Waals surface area contributed by atoms with Gasteiger partial charge in [-0.3, -0.25) is 0 Å². The number of anilines is 1. The zero-order chi connectivity index (χ0) is 13.7. The number of halogens is 1. The Morgan fingerprint density at radius 2 is 2.16 bits per heavy atom. The van der Waals surface area contributed by atoms with E-state index in [1.807, 2.05) is 32.0 Å². The first kappa shape index (κ1) is 13.7. The van der Waals surface area contributed by atoms with Crippen molar-refractivity contribution < 1.29 is 4.74 Å². The van der Waals surface area contributed by atoms with Gasteiger partial charge in [0, 0.05) is 24.4 Å². The summed E-state index contributed by atoms with van der Waals surface area (Å²) in [7, 11) is 0. The van der Waals surface area contributed by atoms with Crippen LogP contribution in [0, 0.1) is 0 Å². The average molecular weight is 323 g/mol. The van der Waals surface area contributed by atoms with Crippen molar-refractivity contribution in [1.82, 2.24) is 15.0 Å². The fourth-order valence-electron chi connectivity index (χ4n) is 1.50. The van der Waals surface area contributed by atoms with Gasteiger partial charge in [-0.05, 0) is 35.8 Å². The second kappa shape index (κ2) is 6.47. The van der Waals surface area contributed by atoms with E-state index in [4.69, 9.17) is 4.74 Å². The molecule has 100 valence electrons. The van der Waals surface area contributed by atoms with Gasteiger partial charge in [-0.25, -0.2) is 15.0 Å². The van der Waals surface area contributed by atoms with Gasteiger partial charge in [0.05, 0.1) is 6.10 Å². The molecule has 0 saturated heterocycles. The van der Waals surface area contributed by atoms with Gasteiger partial charge in [-0.1, -0.05) is 6.07 Å². The van der Waals surface area contributed by atoms with Crippen molar-refractivity contribution in [3.63, 3.8) is 0 Å². The highest BCUT2D eigenvalue weighted by Crippen LogP contribution is 2.18. The van der Waals surface area contributed by atoms with Gasteiger partial charge in [-0.15, -0.1) is 0 Å². The second-order valence-corrected chi connectivity index (χ2v) is 5.03. The fourth-order valence-corrected chi connectivity index (χ4v) is 1.81. The van der Waals surface area contributed by atoms with E-state index in [0.29, 0.717) is 12.4 Å². The van der Waals surface area contributed by atoms with Crippen LogP contribution >= 0.6 is 15.9 Å². The van der Waals surface area contributed by atoms with Crippen LogP contribution in [0.3, 0.4) is 0 Å². The number of ether oxygens (including phenoxy) is 1. The van der Waals surface area contributed by atoms with E-state index in [1.54, 1.807) is 6.20 Å². The van der Waals surface area contributed by atoms with Crippen LogP contribution in [0.5, 0.6) is 5.88 Å². The number of nitrogens with zero attached hydrogens (tertiary/aromatic N) is 3. The first-order valence-corrected chi connectivity index (χ1v) is 6.76. The zero-order valence-corrected chi connectivity index (χ0v) is 12.4. The van der Waals surface area contributed by atoms with Gasteiger partial charge in [0.2, 0.25) is 5.88 Å². The molecule has 0 atom stereocenters. The summed E-state index contributed by atoms with van der Waals surface area (Å²) in [6, 6.07) is 5.69. The lowest BCUT2D eigenvalue weighted by molar-refractivity contribution is 0.230. The molecule has 2 rings (SSSR count). The maximum Gasteiger partial charge on any atom is 0.218 e. The topological polar surface area (TPSA) is 59.9 Å². The molecule has 0 fully saturated rings. The molecular formula is C13H15BrN4O. The minimum absolute atomic E-state index is 0.0989. The molecule has 0 unspecified atom stereocenters. The SMILES string of the molecule is CC(C)Oc1ncccc1CNc1cc(Br)ncn1. The summed E-state index contributed by atoms with van der Waals surface area (Å²) in [5.41, 5.74) is 0.992. The molecule has 0 saturated carbocycles. The molecule has 0 aromatic carbocycles. The predicted molar refractivity (Wildman–Crippen MR) is 77.1 cm³/mol. The Morgan fingerprint density at radius 1 is 1.32 bits per heavy atom. The van der Waals surface area contributed by atoms with Crippen molar-refractivity contribution in [2.24, 2.45) is 0 Å². The van der Waals surface area contributed by atoms with Crippen molar-refractivity contribution in [3.05, 3.63) is 40.9 Å². The van der Waals surface area contributed by atoms with Crippen molar-refractivity contribution in [2.45, 2.75) is 26.5 Å². The standard InChI is InChI=1S/C13H15BrN4O/c1-9(2)19-13-10(4-3-5-15-13)7-16-12-6-11(14)17-8-18-12/h3-6,8-9H,7H2,1-2H3,(H,16,17,18). The minimum Gasteiger partial charge on any atom is -0.475 e. The Hall–Kier alpha value is -1.69. The third-order valence-electron chi connectivity index (χ3n) is 2.29. The van der Waals surface area contributed by atoms with Crippen molar-refractivity contribution in [3.8, 4) is 5.88 Å². The molecule has 0 amide bonds.